The molecular weight excluding hydrogens is 238 g/mol. The molecule has 0 spiro atoms. The van der Waals surface area contributed by atoms with Crippen molar-refractivity contribution in [3.05, 3.63) is 18.0 Å². The van der Waals surface area contributed by atoms with E-state index in [9.17, 15) is 0 Å². The summed E-state index contributed by atoms with van der Waals surface area (Å²) in [4.78, 5) is 0. The molecule has 1 rings (SSSR count). The van der Waals surface area contributed by atoms with Gasteiger partial charge in [-0.1, -0.05) is 33.1 Å². The minimum atomic E-state index is 0.746. The Morgan fingerprint density at radius 1 is 1.42 bits per heavy atom. The molecule has 1 unspecified atom stereocenters. The zero-order chi connectivity index (χ0) is 13.9. The van der Waals surface area contributed by atoms with Crippen LogP contribution in [0.4, 0.5) is 0 Å². The van der Waals surface area contributed by atoms with Crippen LogP contribution in [0.2, 0.25) is 0 Å². The number of methoxy groups -OCH3 is 1. The predicted octanol–water partition coefficient (Wildman–Crippen LogP) is 2.84. The predicted molar refractivity (Wildman–Crippen MR) is 79.1 cm³/mol. The molecule has 19 heavy (non-hydrogen) atoms. The first-order valence-electron chi connectivity index (χ1n) is 7.52. The highest BCUT2D eigenvalue weighted by molar-refractivity contribution is 4.98. The first kappa shape index (κ1) is 16.2. The molecule has 0 aliphatic rings. The Labute approximate surface area is 117 Å². The molecule has 0 saturated heterocycles. The van der Waals surface area contributed by atoms with Crippen LogP contribution in [0.1, 0.15) is 45.2 Å². The van der Waals surface area contributed by atoms with Crippen molar-refractivity contribution in [1.29, 1.82) is 0 Å². The SMILES string of the molecule is CCCCC(CC)Cn1ccc(CNCCOC)n1. The molecule has 1 N–H and O–H groups in total. The van der Waals surface area contributed by atoms with Crippen LogP contribution in [-0.2, 0) is 17.8 Å². The van der Waals surface area contributed by atoms with Gasteiger partial charge in [0.1, 0.15) is 0 Å². The van der Waals surface area contributed by atoms with E-state index in [0.717, 1.165) is 37.9 Å². The van der Waals surface area contributed by atoms with E-state index < -0.39 is 0 Å². The first-order chi connectivity index (χ1) is 9.30. The molecule has 0 aliphatic heterocycles. The maximum absolute atomic E-state index is 5.00. The van der Waals surface area contributed by atoms with E-state index >= 15 is 0 Å². The highest BCUT2D eigenvalue weighted by Crippen LogP contribution is 2.14. The molecule has 0 saturated carbocycles. The summed E-state index contributed by atoms with van der Waals surface area (Å²) in [7, 11) is 1.72. The van der Waals surface area contributed by atoms with E-state index in [1.165, 1.54) is 25.7 Å². The van der Waals surface area contributed by atoms with Gasteiger partial charge in [0.25, 0.3) is 0 Å². The van der Waals surface area contributed by atoms with Gasteiger partial charge in [0, 0.05) is 32.9 Å². The van der Waals surface area contributed by atoms with E-state index in [-0.39, 0.29) is 0 Å². The minimum absolute atomic E-state index is 0.746. The molecule has 1 heterocycles. The molecule has 1 aromatic heterocycles. The summed E-state index contributed by atoms with van der Waals surface area (Å²) in [6.07, 6.45) is 7.26. The fourth-order valence-corrected chi connectivity index (χ4v) is 2.17. The second kappa shape index (κ2) is 9.98. The average Bonchev–Trinajstić information content (AvgIpc) is 2.87. The molecule has 4 nitrogen and oxygen atoms in total. The summed E-state index contributed by atoms with van der Waals surface area (Å²) in [6.45, 7) is 8.02. The number of nitrogens with one attached hydrogen (secondary N) is 1. The molecule has 110 valence electrons. The first-order valence-corrected chi connectivity index (χ1v) is 7.52. The number of hydrogen-bond acceptors (Lipinski definition) is 3. The Morgan fingerprint density at radius 3 is 2.95 bits per heavy atom. The van der Waals surface area contributed by atoms with E-state index in [0.29, 0.717) is 0 Å². The number of unbranched alkanes of at least 4 members (excludes halogenated alkanes) is 1. The summed E-state index contributed by atoms with van der Waals surface area (Å²) in [5.74, 6) is 0.758. The topological polar surface area (TPSA) is 39.1 Å². The molecule has 4 heteroatoms. The van der Waals surface area contributed by atoms with Crippen LogP contribution in [0.5, 0.6) is 0 Å². The quantitative estimate of drug-likeness (QED) is 0.627. The number of nitrogens with zero attached hydrogens (tertiary/aromatic N) is 2. The summed E-state index contributed by atoms with van der Waals surface area (Å²) in [5.41, 5.74) is 1.11. The molecule has 0 fully saturated rings. The zero-order valence-electron chi connectivity index (χ0n) is 12.7. The van der Waals surface area contributed by atoms with Gasteiger partial charge in [0.15, 0.2) is 0 Å². The van der Waals surface area contributed by atoms with E-state index in [4.69, 9.17) is 4.74 Å². The van der Waals surface area contributed by atoms with Crippen LogP contribution in [0.25, 0.3) is 0 Å². The van der Waals surface area contributed by atoms with Gasteiger partial charge >= 0.3 is 0 Å². The van der Waals surface area contributed by atoms with Gasteiger partial charge in [-0.15, -0.1) is 0 Å². The van der Waals surface area contributed by atoms with Crippen LogP contribution in [0.15, 0.2) is 12.3 Å². The third kappa shape index (κ3) is 6.73. The van der Waals surface area contributed by atoms with Crippen LogP contribution in [-0.4, -0.2) is 30.0 Å². The lowest BCUT2D eigenvalue weighted by molar-refractivity contribution is 0.199. The lowest BCUT2D eigenvalue weighted by Gasteiger charge is -2.14. The van der Waals surface area contributed by atoms with Crippen molar-refractivity contribution >= 4 is 0 Å². The van der Waals surface area contributed by atoms with Crippen molar-refractivity contribution in [2.45, 2.75) is 52.6 Å². The highest BCUT2D eigenvalue weighted by Gasteiger charge is 2.07. The molecule has 0 amide bonds. The van der Waals surface area contributed by atoms with E-state index in [1.807, 2.05) is 0 Å². The van der Waals surface area contributed by atoms with E-state index in [1.54, 1.807) is 7.11 Å². The third-order valence-electron chi connectivity index (χ3n) is 3.47. The molecule has 1 aromatic rings. The van der Waals surface area contributed by atoms with Gasteiger partial charge in [0.2, 0.25) is 0 Å². The summed E-state index contributed by atoms with van der Waals surface area (Å²) in [6, 6.07) is 2.10. The molecule has 0 radical (unpaired) electrons. The fourth-order valence-electron chi connectivity index (χ4n) is 2.17. The Balaban J connectivity index is 2.32. The van der Waals surface area contributed by atoms with Gasteiger partial charge in [-0.25, -0.2) is 0 Å². The second-order valence-electron chi connectivity index (χ2n) is 5.12. The van der Waals surface area contributed by atoms with Crippen LogP contribution < -0.4 is 5.32 Å². The largest absolute Gasteiger partial charge is 0.383 e. The van der Waals surface area contributed by atoms with Gasteiger partial charge in [0.05, 0.1) is 12.3 Å². The smallest absolute Gasteiger partial charge is 0.0762 e. The number of ether oxygens (including phenoxy) is 1. The summed E-state index contributed by atoms with van der Waals surface area (Å²) in [5, 5.41) is 7.93. The third-order valence-corrected chi connectivity index (χ3v) is 3.47. The molecule has 0 bridgehead atoms. The standard InChI is InChI=1S/C15H29N3O/c1-4-6-7-14(5-2)13-18-10-8-15(17-18)12-16-9-11-19-3/h8,10,14,16H,4-7,9,11-13H2,1-3H3. The van der Waals surface area contributed by atoms with Crippen molar-refractivity contribution in [3.63, 3.8) is 0 Å². The van der Waals surface area contributed by atoms with Crippen molar-refractivity contribution in [2.24, 2.45) is 5.92 Å². The maximum atomic E-state index is 5.00. The average molecular weight is 267 g/mol. The van der Waals surface area contributed by atoms with Gasteiger partial charge in [-0.05, 0) is 18.4 Å². The van der Waals surface area contributed by atoms with Crippen LogP contribution in [0, 0.1) is 5.92 Å². The zero-order valence-corrected chi connectivity index (χ0v) is 12.7. The normalized spacial score (nSPS) is 12.8. The fraction of sp³-hybridized carbons (Fsp3) is 0.800. The molecular formula is C15H29N3O. The van der Waals surface area contributed by atoms with E-state index in [2.05, 4.69) is 41.2 Å². The summed E-state index contributed by atoms with van der Waals surface area (Å²) >= 11 is 0. The number of rotatable bonds is 11. The number of hydrogen-bond donors (Lipinski definition) is 1. The van der Waals surface area contributed by atoms with Gasteiger partial charge in [-0.3, -0.25) is 4.68 Å². The van der Waals surface area contributed by atoms with Gasteiger partial charge < -0.3 is 10.1 Å². The summed E-state index contributed by atoms with van der Waals surface area (Å²) < 4.78 is 7.10. The maximum Gasteiger partial charge on any atom is 0.0762 e. The molecule has 0 aliphatic carbocycles. The van der Waals surface area contributed by atoms with Crippen LogP contribution in [0.3, 0.4) is 0 Å². The van der Waals surface area contributed by atoms with Crippen molar-refractivity contribution in [1.82, 2.24) is 15.1 Å². The molecule has 0 aromatic carbocycles. The monoisotopic (exact) mass is 267 g/mol. The Hall–Kier alpha value is -0.870. The van der Waals surface area contributed by atoms with Crippen LogP contribution >= 0.6 is 0 Å². The highest BCUT2D eigenvalue weighted by atomic mass is 16.5. The Morgan fingerprint density at radius 2 is 2.26 bits per heavy atom. The Kier molecular flexibility index (Phi) is 8.50. The van der Waals surface area contributed by atoms with Crippen molar-refractivity contribution in [3.8, 4) is 0 Å². The lowest BCUT2D eigenvalue weighted by atomic mass is 10.00. The van der Waals surface area contributed by atoms with Crippen molar-refractivity contribution < 1.29 is 4.74 Å². The lowest BCUT2D eigenvalue weighted by Crippen LogP contribution is -2.19. The minimum Gasteiger partial charge on any atom is -0.383 e. The van der Waals surface area contributed by atoms with Crippen molar-refractivity contribution in [2.75, 3.05) is 20.3 Å². The second-order valence-corrected chi connectivity index (χ2v) is 5.12. The van der Waals surface area contributed by atoms with Gasteiger partial charge in [-0.2, -0.15) is 5.10 Å². The molecule has 1 atom stereocenters. The Bertz CT molecular complexity index is 325. The number of aromatic nitrogens is 2.